The zero-order chi connectivity index (χ0) is 15.5. The number of hydrogen-bond acceptors (Lipinski definition) is 4. The maximum absolute atomic E-state index is 11.2. The molecular weight excluding hydrogens is 280 g/mol. The minimum absolute atomic E-state index is 0.530. The van der Waals surface area contributed by atoms with Gasteiger partial charge < -0.3 is 9.84 Å². The summed E-state index contributed by atoms with van der Waals surface area (Å²) in [7, 11) is 1.62. The zero-order valence-corrected chi connectivity index (χ0v) is 12.4. The molecule has 0 bridgehead atoms. The first-order valence-corrected chi connectivity index (χ1v) is 7.30. The van der Waals surface area contributed by atoms with Crippen LogP contribution in [0.2, 0.25) is 0 Å². The van der Waals surface area contributed by atoms with Gasteiger partial charge in [0.05, 0.1) is 13.3 Å². The molecule has 5 heteroatoms. The highest BCUT2D eigenvalue weighted by molar-refractivity contribution is 6.02. The number of carbonyl (C=O) groups is 1. The molecule has 114 valence electrons. The third-order valence-corrected chi connectivity index (χ3v) is 4.00. The van der Waals surface area contributed by atoms with E-state index < -0.39 is 12.0 Å². The Morgan fingerprint density at radius 2 is 2.18 bits per heavy atom. The maximum Gasteiger partial charge on any atom is 0.328 e. The lowest BCUT2D eigenvalue weighted by atomic mass is 10.0. The number of rotatable bonds is 4. The van der Waals surface area contributed by atoms with Crippen LogP contribution >= 0.6 is 0 Å². The summed E-state index contributed by atoms with van der Waals surface area (Å²) in [5, 5.41) is 17.4. The van der Waals surface area contributed by atoms with Gasteiger partial charge in [-0.3, -0.25) is 5.01 Å². The van der Waals surface area contributed by atoms with Gasteiger partial charge in [0.15, 0.2) is 0 Å². The molecule has 0 saturated carbocycles. The topological polar surface area (TPSA) is 62.1 Å². The third-order valence-electron chi connectivity index (χ3n) is 4.00. The molecule has 22 heavy (non-hydrogen) atoms. The number of nitrogens with zero attached hydrogens (tertiary/aromatic N) is 2. The summed E-state index contributed by atoms with van der Waals surface area (Å²) in [6.07, 6.45) is 3.20. The number of carboxylic acid groups (broad SMARTS) is 1. The minimum atomic E-state index is -0.820. The summed E-state index contributed by atoms with van der Waals surface area (Å²) in [5.41, 5.74) is 0.872. The van der Waals surface area contributed by atoms with Crippen molar-refractivity contribution in [3.8, 4) is 5.75 Å². The van der Waals surface area contributed by atoms with Crippen molar-refractivity contribution in [1.82, 2.24) is 5.01 Å². The van der Waals surface area contributed by atoms with E-state index in [4.69, 9.17) is 4.74 Å². The second-order valence-corrected chi connectivity index (χ2v) is 5.31. The van der Waals surface area contributed by atoms with Gasteiger partial charge in [0.1, 0.15) is 11.8 Å². The fraction of sp³-hybridized carbons (Fsp3) is 0.294. The van der Waals surface area contributed by atoms with Gasteiger partial charge in [-0.05, 0) is 29.7 Å². The largest absolute Gasteiger partial charge is 0.496 e. The number of fused-ring (bicyclic) bond motifs is 1. The van der Waals surface area contributed by atoms with Crippen molar-refractivity contribution in [3.63, 3.8) is 0 Å². The second kappa shape index (κ2) is 6.05. The number of methoxy groups -OCH3 is 1. The molecule has 2 aromatic carbocycles. The molecule has 0 amide bonds. The molecule has 1 heterocycles. The fourth-order valence-electron chi connectivity index (χ4n) is 2.86. The second-order valence-electron chi connectivity index (χ2n) is 5.31. The van der Waals surface area contributed by atoms with Crippen molar-refractivity contribution >= 4 is 23.0 Å². The maximum atomic E-state index is 11.2. The highest BCUT2D eigenvalue weighted by atomic mass is 16.5. The molecule has 1 aliphatic heterocycles. The summed E-state index contributed by atoms with van der Waals surface area (Å²) in [4.78, 5) is 11.2. The number of ether oxygens (including phenoxy) is 1. The number of hydrogen-bond donors (Lipinski definition) is 1. The number of aliphatic carboxylic acids is 1. The molecule has 1 unspecified atom stereocenters. The molecule has 1 N–H and O–H groups in total. The Bertz CT molecular complexity index is 727. The summed E-state index contributed by atoms with van der Waals surface area (Å²) in [6.45, 7) is 0.667. The van der Waals surface area contributed by atoms with Crippen LogP contribution in [0.3, 0.4) is 0 Å². The standard InChI is InChI=1S/C17H18N2O3/c1-22-16-9-8-12-5-2-3-6-13(12)14(16)11-18-19-10-4-7-15(19)17(20)21/h2-3,5-6,8-9,11,15H,4,7,10H2,1H3,(H,20,21)/b18-11+. The highest BCUT2D eigenvalue weighted by Gasteiger charge is 2.29. The average molecular weight is 298 g/mol. The first-order valence-electron chi connectivity index (χ1n) is 7.30. The predicted molar refractivity (Wildman–Crippen MR) is 85.5 cm³/mol. The van der Waals surface area contributed by atoms with Crippen LogP contribution in [-0.2, 0) is 4.79 Å². The third kappa shape index (κ3) is 2.62. The first kappa shape index (κ1) is 14.4. The minimum Gasteiger partial charge on any atom is -0.496 e. The van der Waals surface area contributed by atoms with Crippen LogP contribution in [0.15, 0.2) is 41.5 Å². The van der Waals surface area contributed by atoms with Gasteiger partial charge in [-0.25, -0.2) is 4.79 Å². The Kier molecular flexibility index (Phi) is 3.96. The zero-order valence-electron chi connectivity index (χ0n) is 12.4. The molecule has 0 spiro atoms. The van der Waals surface area contributed by atoms with Gasteiger partial charge in [0, 0.05) is 12.1 Å². The Balaban J connectivity index is 1.99. The van der Waals surface area contributed by atoms with Crippen LogP contribution < -0.4 is 4.74 Å². The molecule has 1 atom stereocenters. The van der Waals surface area contributed by atoms with Crippen molar-refractivity contribution in [2.24, 2.45) is 5.10 Å². The molecule has 0 radical (unpaired) electrons. The van der Waals surface area contributed by atoms with E-state index in [0.717, 1.165) is 28.5 Å². The lowest BCUT2D eigenvalue weighted by Crippen LogP contribution is -2.32. The molecule has 3 rings (SSSR count). The Morgan fingerprint density at radius 3 is 2.95 bits per heavy atom. The van der Waals surface area contributed by atoms with Crippen molar-refractivity contribution in [2.45, 2.75) is 18.9 Å². The lowest BCUT2D eigenvalue weighted by molar-refractivity contribution is -0.142. The quantitative estimate of drug-likeness (QED) is 0.882. The van der Waals surface area contributed by atoms with Gasteiger partial charge in [-0.2, -0.15) is 5.10 Å². The molecule has 1 fully saturated rings. The van der Waals surface area contributed by atoms with Crippen LogP contribution in [0.1, 0.15) is 18.4 Å². The van der Waals surface area contributed by atoms with Gasteiger partial charge in [0.25, 0.3) is 0 Å². The molecule has 1 saturated heterocycles. The van der Waals surface area contributed by atoms with Crippen molar-refractivity contribution in [2.75, 3.05) is 13.7 Å². The van der Waals surface area contributed by atoms with Gasteiger partial charge in [0.2, 0.25) is 0 Å². The molecule has 5 nitrogen and oxygen atoms in total. The van der Waals surface area contributed by atoms with E-state index in [9.17, 15) is 9.90 Å². The van der Waals surface area contributed by atoms with E-state index in [0.29, 0.717) is 13.0 Å². The van der Waals surface area contributed by atoms with Crippen LogP contribution in [0.5, 0.6) is 5.75 Å². The molecule has 2 aromatic rings. The number of carboxylic acids is 1. The molecular formula is C17H18N2O3. The van der Waals surface area contributed by atoms with Gasteiger partial charge in [-0.1, -0.05) is 30.3 Å². The van der Waals surface area contributed by atoms with E-state index in [-0.39, 0.29) is 0 Å². The normalized spacial score (nSPS) is 18.2. The molecule has 0 aromatic heterocycles. The molecule has 0 aliphatic carbocycles. The van der Waals surface area contributed by atoms with E-state index in [2.05, 4.69) is 5.10 Å². The SMILES string of the molecule is COc1ccc2ccccc2c1/C=N/N1CCCC1C(=O)O. The smallest absolute Gasteiger partial charge is 0.328 e. The van der Waals surface area contributed by atoms with Crippen molar-refractivity contribution in [3.05, 3.63) is 42.0 Å². The Morgan fingerprint density at radius 1 is 1.36 bits per heavy atom. The Labute approximate surface area is 128 Å². The summed E-state index contributed by atoms with van der Waals surface area (Å²) >= 11 is 0. The number of benzene rings is 2. The summed E-state index contributed by atoms with van der Waals surface area (Å²) in [6, 6.07) is 11.4. The van der Waals surface area contributed by atoms with Crippen LogP contribution in [0, 0.1) is 0 Å². The highest BCUT2D eigenvalue weighted by Crippen LogP contribution is 2.27. The monoisotopic (exact) mass is 298 g/mol. The van der Waals surface area contributed by atoms with E-state index in [1.165, 1.54) is 0 Å². The summed E-state index contributed by atoms with van der Waals surface area (Å²) in [5.74, 6) is -0.0898. The lowest BCUT2D eigenvalue weighted by Gasteiger charge is -2.17. The fourth-order valence-corrected chi connectivity index (χ4v) is 2.86. The van der Waals surface area contributed by atoms with E-state index in [1.54, 1.807) is 18.3 Å². The first-order chi connectivity index (χ1) is 10.7. The number of hydrazone groups is 1. The van der Waals surface area contributed by atoms with Crippen LogP contribution in [-0.4, -0.2) is 42.0 Å². The van der Waals surface area contributed by atoms with E-state index in [1.807, 2.05) is 36.4 Å². The Hall–Kier alpha value is -2.56. The summed E-state index contributed by atoms with van der Waals surface area (Å²) < 4.78 is 5.42. The van der Waals surface area contributed by atoms with Crippen molar-refractivity contribution < 1.29 is 14.6 Å². The van der Waals surface area contributed by atoms with Crippen molar-refractivity contribution in [1.29, 1.82) is 0 Å². The van der Waals surface area contributed by atoms with Gasteiger partial charge in [-0.15, -0.1) is 0 Å². The molecule has 1 aliphatic rings. The average Bonchev–Trinajstić information content (AvgIpc) is 3.01. The van der Waals surface area contributed by atoms with Crippen LogP contribution in [0.4, 0.5) is 0 Å². The predicted octanol–water partition coefficient (Wildman–Crippen LogP) is 2.73. The van der Waals surface area contributed by atoms with Crippen LogP contribution in [0.25, 0.3) is 10.8 Å². The van der Waals surface area contributed by atoms with Gasteiger partial charge >= 0.3 is 5.97 Å². The van der Waals surface area contributed by atoms with E-state index >= 15 is 0 Å².